The molecule has 0 unspecified atom stereocenters. The molecule has 25 heavy (non-hydrogen) atoms. The lowest BCUT2D eigenvalue weighted by atomic mass is 10.0. The third kappa shape index (κ3) is 3.81. The third-order valence-electron chi connectivity index (χ3n) is 4.80. The van der Waals surface area contributed by atoms with E-state index >= 15 is 0 Å². The van der Waals surface area contributed by atoms with Gasteiger partial charge >= 0.3 is 0 Å². The van der Waals surface area contributed by atoms with Crippen molar-refractivity contribution < 1.29 is 9.59 Å². The molecule has 5 nitrogen and oxygen atoms in total. The number of aryl methyl sites for hydroxylation is 2. The van der Waals surface area contributed by atoms with E-state index in [1.54, 1.807) is 11.9 Å². The molecule has 1 aromatic carbocycles. The SMILES string of the molecule is Cc1ccc2nc(C)cc(C(=O)N(C)CCN3CCCCC3=O)c2c1. The molecule has 2 aromatic rings. The first kappa shape index (κ1) is 17.4. The van der Waals surface area contributed by atoms with Crippen LogP contribution in [-0.4, -0.2) is 53.3 Å². The summed E-state index contributed by atoms with van der Waals surface area (Å²) >= 11 is 0. The molecule has 2 heterocycles. The molecule has 0 radical (unpaired) electrons. The monoisotopic (exact) mass is 339 g/mol. The Kier molecular flexibility index (Phi) is 5.02. The second kappa shape index (κ2) is 7.21. The van der Waals surface area contributed by atoms with Crippen molar-refractivity contribution in [3.05, 3.63) is 41.1 Å². The Morgan fingerprint density at radius 3 is 2.80 bits per heavy atom. The number of fused-ring (bicyclic) bond motifs is 1. The van der Waals surface area contributed by atoms with Crippen LogP contribution in [0.5, 0.6) is 0 Å². The summed E-state index contributed by atoms with van der Waals surface area (Å²) in [5, 5.41) is 0.886. The number of likely N-dealkylation sites (tertiary alicyclic amines) is 1. The fraction of sp³-hybridized carbons (Fsp3) is 0.450. The van der Waals surface area contributed by atoms with Crippen molar-refractivity contribution >= 4 is 22.7 Å². The summed E-state index contributed by atoms with van der Waals surface area (Å²) in [6, 6.07) is 7.83. The molecule has 0 atom stereocenters. The van der Waals surface area contributed by atoms with Gasteiger partial charge < -0.3 is 9.80 Å². The Morgan fingerprint density at radius 1 is 1.24 bits per heavy atom. The van der Waals surface area contributed by atoms with Gasteiger partial charge in [0.15, 0.2) is 0 Å². The van der Waals surface area contributed by atoms with Crippen LogP contribution in [0, 0.1) is 13.8 Å². The molecule has 1 fully saturated rings. The molecule has 132 valence electrons. The zero-order valence-corrected chi connectivity index (χ0v) is 15.2. The van der Waals surface area contributed by atoms with Gasteiger partial charge in [-0.2, -0.15) is 0 Å². The number of rotatable bonds is 4. The van der Waals surface area contributed by atoms with E-state index in [0.717, 1.165) is 41.5 Å². The molecule has 0 saturated carbocycles. The Balaban J connectivity index is 1.79. The Hall–Kier alpha value is -2.43. The maximum Gasteiger partial charge on any atom is 0.254 e. The van der Waals surface area contributed by atoms with Crippen molar-refractivity contribution in [1.29, 1.82) is 0 Å². The fourth-order valence-electron chi connectivity index (χ4n) is 3.33. The first-order valence-electron chi connectivity index (χ1n) is 8.87. The Morgan fingerprint density at radius 2 is 2.04 bits per heavy atom. The van der Waals surface area contributed by atoms with Crippen molar-refractivity contribution in [3.8, 4) is 0 Å². The molecule has 0 spiro atoms. The largest absolute Gasteiger partial charge is 0.341 e. The van der Waals surface area contributed by atoms with Gasteiger partial charge in [-0.25, -0.2) is 0 Å². The quantitative estimate of drug-likeness (QED) is 0.860. The van der Waals surface area contributed by atoms with Crippen LogP contribution < -0.4 is 0 Å². The average molecular weight is 339 g/mol. The summed E-state index contributed by atoms with van der Waals surface area (Å²) in [7, 11) is 1.80. The van der Waals surface area contributed by atoms with E-state index in [1.165, 1.54) is 0 Å². The molecule has 1 aliphatic rings. The minimum atomic E-state index is -0.0226. The van der Waals surface area contributed by atoms with E-state index in [1.807, 2.05) is 43.0 Å². The lowest BCUT2D eigenvalue weighted by Gasteiger charge is -2.29. The maximum atomic E-state index is 13.0. The number of hydrogen-bond donors (Lipinski definition) is 0. The summed E-state index contributed by atoms with van der Waals surface area (Å²) in [5.41, 5.74) is 3.46. The number of nitrogens with zero attached hydrogens (tertiary/aromatic N) is 3. The summed E-state index contributed by atoms with van der Waals surface area (Å²) in [6.45, 7) is 5.86. The van der Waals surface area contributed by atoms with Crippen molar-refractivity contribution in [2.75, 3.05) is 26.7 Å². The van der Waals surface area contributed by atoms with E-state index in [0.29, 0.717) is 25.1 Å². The van der Waals surface area contributed by atoms with Gasteiger partial charge in [0.2, 0.25) is 5.91 Å². The van der Waals surface area contributed by atoms with Gasteiger partial charge in [0.05, 0.1) is 11.1 Å². The predicted molar refractivity (Wildman–Crippen MR) is 98.6 cm³/mol. The number of benzene rings is 1. The summed E-state index contributed by atoms with van der Waals surface area (Å²) in [6.07, 6.45) is 2.66. The minimum Gasteiger partial charge on any atom is -0.341 e. The number of hydrogen-bond acceptors (Lipinski definition) is 3. The van der Waals surface area contributed by atoms with Crippen molar-refractivity contribution in [2.45, 2.75) is 33.1 Å². The zero-order chi connectivity index (χ0) is 18.0. The van der Waals surface area contributed by atoms with Crippen molar-refractivity contribution in [1.82, 2.24) is 14.8 Å². The van der Waals surface area contributed by atoms with Gasteiger partial charge in [0, 0.05) is 44.2 Å². The van der Waals surface area contributed by atoms with Gasteiger partial charge in [-0.05, 0) is 44.9 Å². The van der Waals surface area contributed by atoms with Crippen LogP contribution in [0.1, 0.15) is 40.9 Å². The van der Waals surface area contributed by atoms with Gasteiger partial charge in [-0.15, -0.1) is 0 Å². The maximum absolute atomic E-state index is 13.0. The number of likely N-dealkylation sites (N-methyl/N-ethyl adjacent to an activating group) is 1. The molecule has 5 heteroatoms. The highest BCUT2D eigenvalue weighted by atomic mass is 16.2. The Labute approximate surface area is 148 Å². The zero-order valence-electron chi connectivity index (χ0n) is 15.2. The smallest absolute Gasteiger partial charge is 0.254 e. The predicted octanol–water partition coefficient (Wildman–Crippen LogP) is 2.94. The lowest BCUT2D eigenvalue weighted by molar-refractivity contribution is -0.133. The number of carbonyl (C=O) groups is 2. The summed E-state index contributed by atoms with van der Waals surface area (Å²) in [5.74, 6) is 0.179. The second-order valence-corrected chi connectivity index (χ2v) is 6.90. The number of carbonyl (C=O) groups excluding carboxylic acids is 2. The molecular formula is C20H25N3O2. The molecule has 1 saturated heterocycles. The number of aromatic nitrogens is 1. The lowest BCUT2D eigenvalue weighted by Crippen LogP contribution is -2.41. The van der Waals surface area contributed by atoms with Gasteiger partial charge in [0.1, 0.15) is 0 Å². The fourth-order valence-corrected chi connectivity index (χ4v) is 3.33. The molecule has 0 aliphatic carbocycles. The van der Waals surface area contributed by atoms with E-state index < -0.39 is 0 Å². The van der Waals surface area contributed by atoms with E-state index in [4.69, 9.17) is 0 Å². The van der Waals surface area contributed by atoms with Crippen LogP contribution in [0.2, 0.25) is 0 Å². The van der Waals surface area contributed by atoms with E-state index in [2.05, 4.69) is 4.98 Å². The highest BCUT2D eigenvalue weighted by molar-refractivity contribution is 6.06. The molecule has 2 amide bonds. The first-order valence-corrected chi connectivity index (χ1v) is 8.87. The molecule has 0 bridgehead atoms. The molecule has 1 aromatic heterocycles. The highest BCUT2D eigenvalue weighted by Crippen LogP contribution is 2.21. The number of amides is 2. The van der Waals surface area contributed by atoms with E-state index in [9.17, 15) is 9.59 Å². The van der Waals surface area contributed by atoms with Gasteiger partial charge in [-0.3, -0.25) is 14.6 Å². The summed E-state index contributed by atoms with van der Waals surface area (Å²) in [4.78, 5) is 33.0. The normalized spacial score (nSPS) is 14.8. The van der Waals surface area contributed by atoms with E-state index in [-0.39, 0.29) is 11.8 Å². The average Bonchev–Trinajstić information content (AvgIpc) is 2.60. The van der Waals surface area contributed by atoms with Crippen LogP contribution in [-0.2, 0) is 4.79 Å². The second-order valence-electron chi connectivity index (χ2n) is 6.90. The highest BCUT2D eigenvalue weighted by Gasteiger charge is 2.20. The topological polar surface area (TPSA) is 53.5 Å². The molecule has 1 aliphatic heterocycles. The van der Waals surface area contributed by atoms with Crippen LogP contribution in [0.3, 0.4) is 0 Å². The van der Waals surface area contributed by atoms with Crippen LogP contribution >= 0.6 is 0 Å². The molecule has 3 rings (SSSR count). The number of pyridine rings is 1. The van der Waals surface area contributed by atoms with Crippen LogP contribution in [0.4, 0.5) is 0 Å². The third-order valence-corrected chi connectivity index (χ3v) is 4.80. The number of piperidine rings is 1. The van der Waals surface area contributed by atoms with Crippen molar-refractivity contribution in [2.24, 2.45) is 0 Å². The molecule has 0 N–H and O–H groups in total. The molecular weight excluding hydrogens is 314 g/mol. The van der Waals surface area contributed by atoms with Crippen LogP contribution in [0.15, 0.2) is 24.3 Å². The summed E-state index contributed by atoms with van der Waals surface area (Å²) < 4.78 is 0. The van der Waals surface area contributed by atoms with Crippen LogP contribution in [0.25, 0.3) is 10.9 Å². The minimum absolute atomic E-state index is 0.0226. The van der Waals surface area contributed by atoms with Crippen molar-refractivity contribution in [3.63, 3.8) is 0 Å². The van der Waals surface area contributed by atoms with Gasteiger partial charge in [0.25, 0.3) is 5.91 Å². The van der Waals surface area contributed by atoms with Gasteiger partial charge in [-0.1, -0.05) is 11.6 Å². The Bertz CT molecular complexity index is 816. The standard InChI is InChI=1S/C20H25N3O2/c1-14-7-8-18-16(12-14)17(13-15(2)21-18)20(25)22(3)10-11-23-9-5-4-6-19(23)24/h7-8,12-13H,4-6,9-11H2,1-3H3. The first-order chi connectivity index (χ1) is 12.0.